The van der Waals surface area contributed by atoms with Gasteiger partial charge in [0.1, 0.15) is 0 Å². The lowest BCUT2D eigenvalue weighted by Crippen LogP contribution is -2.38. The average Bonchev–Trinajstić information content (AvgIpc) is 3.29. The lowest BCUT2D eigenvalue weighted by molar-refractivity contribution is -0.384. The zero-order valence-electron chi connectivity index (χ0n) is 16.6. The van der Waals surface area contributed by atoms with Crippen molar-refractivity contribution in [3.05, 3.63) is 76.2 Å². The fourth-order valence-corrected chi connectivity index (χ4v) is 3.79. The van der Waals surface area contributed by atoms with E-state index in [2.05, 4.69) is 15.1 Å². The van der Waals surface area contributed by atoms with Gasteiger partial charge in [0.2, 0.25) is 11.8 Å². The minimum Gasteiger partial charge on any atom is -0.419 e. The fourth-order valence-electron chi connectivity index (χ4n) is 3.79. The van der Waals surface area contributed by atoms with Crippen LogP contribution in [0.1, 0.15) is 42.1 Å². The summed E-state index contributed by atoms with van der Waals surface area (Å²) in [5.41, 5.74) is 1.42. The van der Waals surface area contributed by atoms with Crippen molar-refractivity contribution in [1.29, 1.82) is 0 Å². The Balaban J connectivity index is 1.38. The van der Waals surface area contributed by atoms with Crippen LogP contribution < -0.4 is 0 Å². The molecule has 8 heteroatoms. The van der Waals surface area contributed by atoms with E-state index in [0.717, 1.165) is 31.5 Å². The smallest absolute Gasteiger partial charge is 0.269 e. The van der Waals surface area contributed by atoms with Crippen LogP contribution in [0.2, 0.25) is 0 Å². The van der Waals surface area contributed by atoms with Crippen molar-refractivity contribution >= 4 is 11.5 Å². The summed E-state index contributed by atoms with van der Waals surface area (Å²) in [4.78, 5) is 25.3. The number of hydrogen-bond acceptors (Lipinski definition) is 7. The van der Waals surface area contributed by atoms with Crippen molar-refractivity contribution in [3.8, 4) is 11.5 Å². The van der Waals surface area contributed by atoms with Gasteiger partial charge in [-0.25, -0.2) is 0 Å². The number of carbonyl (C=O) groups excluding carboxylic acids is 1. The molecule has 4 rings (SSSR count). The van der Waals surface area contributed by atoms with Gasteiger partial charge in [-0.15, -0.1) is 10.2 Å². The number of nitro benzene ring substituents is 1. The molecule has 1 fully saturated rings. The van der Waals surface area contributed by atoms with Crippen LogP contribution in [0.5, 0.6) is 0 Å². The molecule has 0 N–H and O–H groups in total. The molecule has 2 aromatic carbocycles. The second kappa shape index (κ2) is 8.54. The standard InChI is InChI=1S/C22H22N4O4/c1-15(21-23-24-22(30-21)18-7-9-19(10-8-18)26(28)29)25-13-11-17(12-14-25)20(27)16-5-3-2-4-6-16/h2-10,15,17H,11-14H2,1H3. The van der Waals surface area contributed by atoms with Gasteiger partial charge in [0, 0.05) is 29.2 Å². The second-order valence-corrected chi connectivity index (χ2v) is 7.47. The third-order valence-corrected chi connectivity index (χ3v) is 5.63. The normalized spacial score (nSPS) is 16.3. The van der Waals surface area contributed by atoms with Gasteiger partial charge < -0.3 is 4.42 Å². The van der Waals surface area contributed by atoms with Crippen molar-refractivity contribution in [3.63, 3.8) is 0 Å². The molecule has 3 aromatic rings. The Morgan fingerprint density at radius 3 is 2.40 bits per heavy atom. The van der Waals surface area contributed by atoms with E-state index in [9.17, 15) is 14.9 Å². The van der Waals surface area contributed by atoms with E-state index in [1.165, 1.54) is 12.1 Å². The highest BCUT2D eigenvalue weighted by Gasteiger charge is 2.30. The van der Waals surface area contributed by atoms with E-state index in [0.29, 0.717) is 17.3 Å². The van der Waals surface area contributed by atoms with Gasteiger partial charge in [0.25, 0.3) is 5.69 Å². The number of aromatic nitrogens is 2. The van der Waals surface area contributed by atoms with Crippen LogP contribution in [0.4, 0.5) is 5.69 Å². The monoisotopic (exact) mass is 406 g/mol. The summed E-state index contributed by atoms with van der Waals surface area (Å²) in [7, 11) is 0. The van der Waals surface area contributed by atoms with Gasteiger partial charge in [-0.05, 0) is 45.0 Å². The average molecular weight is 406 g/mol. The molecular formula is C22H22N4O4. The predicted molar refractivity (Wildman–Crippen MR) is 110 cm³/mol. The van der Waals surface area contributed by atoms with Crippen LogP contribution in [0.15, 0.2) is 59.0 Å². The van der Waals surface area contributed by atoms with Gasteiger partial charge in [0.05, 0.1) is 11.0 Å². The molecular weight excluding hydrogens is 384 g/mol. The van der Waals surface area contributed by atoms with Crippen molar-refractivity contribution < 1.29 is 14.1 Å². The number of piperidine rings is 1. The number of Topliss-reactive ketones (excluding diaryl/α,β-unsaturated/α-hetero) is 1. The number of benzene rings is 2. The summed E-state index contributed by atoms with van der Waals surface area (Å²) in [5.74, 6) is 1.08. The molecule has 0 radical (unpaired) electrons. The number of rotatable bonds is 6. The molecule has 1 aliphatic rings. The molecule has 1 aromatic heterocycles. The molecule has 154 valence electrons. The topological polar surface area (TPSA) is 102 Å². The van der Waals surface area contributed by atoms with Crippen molar-refractivity contribution in [2.45, 2.75) is 25.8 Å². The first-order chi connectivity index (χ1) is 14.5. The highest BCUT2D eigenvalue weighted by molar-refractivity contribution is 5.97. The fraction of sp³-hybridized carbons (Fsp3) is 0.318. The SMILES string of the molecule is CC(c1nnc(-c2ccc([N+](=O)[O-])cc2)o1)N1CCC(C(=O)c2ccccc2)CC1. The van der Waals surface area contributed by atoms with E-state index >= 15 is 0 Å². The van der Waals surface area contributed by atoms with Crippen LogP contribution in [0.3, 0.4) is 0 Å². The van der Waals surface area contributed by atoms with Crippen molar-refractivity contribution in [2.75, 3.05) is 13.1 Å². The predicted octanol–water partition coefficient (Wildman–Crippen LogP) is 4.30. The summed E-state index contributed by atoms with van der Waals surface area (Å²) < 4.78 is 5.83. The van der Waals surface area contributed by atoms with E-state index in [1.54, 1.807) is 12.1 Å². The Hall–Kier alpha value is -3.39. The van der Waals surface area contributed by atoms with E-state index in [1.807, 2.05) is 37.3 Å². The van der Waals surface area contributed by atoms with Gasteiger partial charge in [-0.3, -0.25) is 19.8 Å². The number of non-ortho nitro benzene ring substituents is 1. The molecule has 0 bridgehead atoms. The highest BCUT2D eigenvalue weighted by Crippen LogP contribution is 2.29. The second-order valence-electron chi connectivity index (χ2n) is 7.47. The number of likely N-dealkylation sites (tertiary alicyclic amines) is 1. The zero-order valence-corrected chi connectivity index (χ0v) is 16.6. The summed E-state index contributed by atoms with van der Waals surface area (Å²) in [6.45, 7) is 3.56. The third kappa shape index (κ3) is 4.13. The van der Waals surface area contributed by atoms with Crippen LogP contribution >= 0.6 is 0 Å². The molecule has 0 amide bonds. The number of ketones is 1. The first-order valence-corrected chi connectivity index (χ1v) is 9.94. The minimum atomic E-state index is -0.447. The lowest BCUT2D eigenvalue weighted by Gasteiger charge is -2.34. The van der Waals surface area contributed by atoms with Crippen LogP contribution in [0.25, 0.3) is 11.5 Å². The molecule has 8 nitrogen and oxygen atoms in total. The number of hydrogen-bond donors (Lipinski definition) is 0. The third-order valence-electron chi connectivity index (χ3n) is 5.63. The van der Waals surface area contributed by atoms with Gasteiger partial charge in [-0.2, -0.15) is 0 Å². The minimum absolute atomic E-state index is 0.0137. The largest absolute Gasteiger partial charge is 0.419 e. The molecule has 1 unspecified atom stereocenters. The Kier molecular flexibility index (Phi) is 5.67. The Morgan fingerprint density at radius 2 is 1.77 bits per heavy atom. The summed E-state index contributed by atoms with van der Waals surface area (Å²) in [6.07, 6.45) is 1.59. The first-order valence-electron chi connectivity index (χ1n) is 9.94. The molecule has 0 saturated carbocycles. The summed E-state index contributed by atoms with van der Waals surface area (Å²) >= 11 is 0. The molecule has 2 heterocycles. The van der Waals surface area contributed by atoms with Crippen molar-refractivity contribution in [2.24, 2.45) is 5.92 Å². The maximum atomic E-state index is 12.7. The number of nitro groups is 1. The van der Waals surface area contributed by atoms with Crippen LogP contribution in [-0.2, 0) is 0 Å². The van der Waals surface area contributed by atoms with Crippen LogP contribution in [-0.4, -0.2) is 38.9 Å². The quantitative estimate of drug-likeness (QED) is 0.341. The van der Waals surface area contributed by atoms with Gasteiger partial charge >= 0.3 is 0 Å². The maximum absolute atomic E-state index is 12.7. The molecule has 1 saturated heterocycles. The lowest BCUT2D eigenvalue weighted by atomic mass is 9.88. The Labute approximate surface area is 173 Å². The van der Waals surface area contributed by atoms with Crippen molar-refractivity contribution in [1.82, 2.24) is 15.1 Å². The maximum Gasteiger partial charge on any atom is 0.269 e. The Bertz CT molecular complexity index is 1020. The molecule has 0 aliphatic carbocycles. The number of nitrogens with zero attached hydrogens (tertiary/aromatic N) is 4. The van der Waals surface area contributed by atoms with E-state index < -0.39 is 4.92 Å². The molecule has 30 heavy (non-hydrogen) atoms. The highest BCUT2D eigenvalue weighted by atomic mass is 16.6. The molecule has 1 atom stereocenters. The zero-order chi connectivity index (χ0) is 21.1. The summed E-state index contributed by atoms with van der Waals surface area (Å²) in [6, 6.07) is 15.4. The Morgan fingerprint density at radius 1 is 1.10 bits per heavy atom. The number of carbonyl (C=O) groups is 1. The van der Waals surface area contributed by atoms with Crippen LogP contribution in [0, 0.1) is 16.0 Å². The molecule has 1 aliphatic heterocycles. The van der Waals surface area contributed by atoms with Gasteiger partial charge in [-0.1, -0.05) is 30.3 Å². The van der Waals surface area contributed by atoms with E-state index in [4.69, 9.17) is 4.42 Å². The van der Waals surface area contributed by atoms with E-state index in [-0.39, 0.29) is 23.4 Å². The van der Waals surface area contributed by atoms with Gasteiger partial charge in [0.15, 0.2) is 5.78 Å². The summed E-state index contributed by atoms with van der Waals surface area (Å²) in [5, 5.41) is 19.1. The first kappa shape index (κ1) is 19.9. The molecule has 0 spiro atoms.